The molecule has 1 aliphatic heterocycles. The molecule has 2 amide bonds. The predicted octanol–water partition coefficient (Wildman–Crippen LogP) is 3.54. The maximum atomic E-state index is 12.5. The van der Waals surface area contributed by atoms with Crippen LogP contribution in [0.4, 0.5) is 5.69 Å². The first-order valence-corrected chi connectivity index (χ1v) is 8.08. The number of H-pyrrole nitrogens is 1. The van der Waals surface area contributed by atoms with Crippen LogP contribution in [0.3, 0.4) is 0 Å². The Labute approximate surface area is 148 Å². The summed E-state index contributed by atoms with van der Waals surface area (Å²) in [4.78, 5) is 27.5. The number of rotatable bonds is 2. The Kier molecular flexibility index (Phi) is 3.62. The van der Waals surface area contributed by atoms with Gasteiger partial charge in [-0.15, -0.1) is 0 Å². The van der Waals surface area contributed by atoms with E-state index in [1.165, 1.54) is 0 Å². The highest BCUT2D eigenvalue weighted by molar-refractivity contribution is 6.31. The molecule has 2 aromatic carbocycles. The highest BCUT2D eigenvalue weighted by atomic mass is 35.5. The van der Waals surface area contributed by atoms with E-state index in [-0.39, 0.29) is 18.0 Å². The molecule has 7 heteroatoms. The lowest BCUT2D eigenvalue weighted by Crippen LogP contribution is -2.41. The van der Waals surface area contributed by atoms with Crippen molar-refractivity contribution in [2.75, 3.05) is 5.32 Å². The van der Waals surface area contributed by atoms with Crippen molar-refractivity contribution >= 4 is 40.0 Å². The van der Waals surface area contributed by atoms with Gasteiger partial charge < -0.3 is 20.4 Å². The van der Waals surface area contributed by atoms with Gasteiger partial charge in [0.15, 0.2) is 6.23 Å². The van der Waals surface area contributed by atoms with E-state index in [0.29, 0.717) is 27.7 Å². The second kappa shape index (κ2) is 5.82. The van der Waals surface area contributed by atoms with Gasteiger partial charge in [-0.3, -0.25) is 9.59 Å². The first-order chi connectivity index (χ1) is 12.0. The molecule has 2 heterocycles. The molecule has 0 saturated carbocycles. The predicted molar refractivity (Wildman–Crippen MR) is 95.3 cm³/mol. The molecule has 3 aromatic rings. The van der Waals surface area contributed by atoms with Crippen LogP contribution in [0.5, 0.6) is 5.75 Å². The summed E-state index contributed by atoms with van der Waals surface area (Å²) in [6, 6.07) is 12.0. The average Bonchev–Trinajstić information content (AvgIpc) is 2.98. The minimum absolute atomic E-state index is 0.231. The number of fused-ring (bicyclic) bond motifs is 2. The fraction of sp³-hybridized carbons (Fsp3) is 0.111. The van der Waals surface area contributed by atoms with Crippen molar-refractivity contribution in [3.63, 3.8) is 0 Å². The Morgan fingerprint density at radius 2 is 2.04 bits per heavy atom. The Hall–Kier alpha value is -2.99. The number of ether oxygens (including phenoxy) is 1. The smallest absolute Gasteiger partial charge is 0.272 e. The number of carbonyl (C=O) groups excluding carboxylic acids is 2. The molecule has 0 radical (unpaired) electrons. The third-order valence-electron chi connectivity index (χ3n) is 3.95. The van der Waals surface area contributed by atoms with Crippen LogP contribution in [-0.2, 0) is 0 Å². The van der Waals surface area contributed by atoms with E-state index in [4.69, 9.17) is 16.3 Å². The van der Waals surface area contributed by atoms with Crippen molar-refractivity contribution in [3.8, 4) is 5.75 Å². The molecule has 1 atom stereocenters. The van der Waals surface area contributed by atoms with Gasteiger partial charge in [0.1, 0.15) is 11.4 Å². The van der Waals surface area contributed by atoms with Gasteiger partial charge in [0.05, 0.1) is 5.56 Å². The molecule has 0 saturated heterocycles. The molecule has 1 unspecified atom stereocenters. The first kappa shape index (κ1) is 15.5. The second-order valence-corrected chi connectivity index (χ2v) is 6.25. The zero-order chi connectivity index (χ0) is 17.6. The van der Waals surface area contributed by atoms with Crippen molar-refractivity contribution < 1.29 is 14.3 Å². The van der Waals surface area contributed by atoms with E-state index >= 15 is 0 Å². The standard InChI is InChI=1S/C18H14ClN3O3/c1-9-20-17(23)13-8-12(3-5-16(13)25-9)21-18(24)15-7-10-6-11(19)2-4-14(10)22-15/h2-9,22H,1H3,(H,20,23)(H,21,24). The summed E-state index contributed by atoms with van der Waals surface area (Å²) >= 11 is 5.96. The number of halogens is 1. The minimum Gasteiger partial charge on any atom is -0.470 e. The minimum atomic E-state index is -0.376. The Morgan fingerprint density at radius 3 is 2.88 bits per heavy atom. The van der Waals surface area contributed by atoms with Gasteiger partial charge in [-0.25, -0.2) is 0 Å². The molecule has 4 rings (SSSR count). The zero-order valence-electron chi connectivity index (χ0n) is 13.2. The van der Waals surface area contributed by atoms with Crippen molar-refractivity contribution in [1.29, 1.82) is 0 Å². The molecule has 1 aliphatic rings. The highest BCUT2D eigenvalue weighted by Gasteiger charge is 2.23. The number of aromatic nitrogens is 1. The summed E-state index contributed by atoms with van der Waals surface area (Å²) in [5.74, 6) is -0.0441. The summed E-state index contributed by atoms with van der Waals surface area (Å²) in [7, 11) is 0. The molecule has 0 fully saturated rings. The van der Waals surface area contributed by atoms with E-state index < -0.39 is 0 Å². The van der Waals surface area contributed by atoms with Crippen LogP contribution >= 0.6 is 11.6 Å². The van der Waals surface area contributed by atoms with E-state index in [9.17, 15) is 9.59 Å². The molecule has 0 spiro atoms. The van der Waals surface area contributed by atoms with Crippen molar-refractivity contribution in [3.05, 3.63) is 58.7 Å². The Bertz CT molecular complexity index is 1010. The molecular weight excluding hydrogens is 342 g/mol. The number of anilines is 1. The molecule has 25 heavy (non-hydrogen) atoms. The molecule has 0 aliphatic carbocycles. The molecule has 0 bridgehead atoms. The number of carbonyl (C=O) groups is 2. The maximum Gasteiger partial charge on any atom is 0.272 e. The van der Waals surface area contributed by atoms with Crippen LogP contribution in [0.15, 0.2) is 42.5 Å². The van der Waals surface area contributed by atoms with Crippen molar-refractivity contribution in [2.45, 2.75) is 13.2 Å². The lowest BCUT2D eigenvalue weighted by Gasteiger charge is -2.24. The summed E-state index contributed by atoms with van der Waals surface area (Å²) in [6.45, 7) is 1.75. The highest BCUT2D eigenvalue weighted by Crippen LogP contribution is 2.27. The van der Waals surface area contributed by atoms with Crippen molar-refractivity contribution in [1.82, 2.24) is 10.3 Å². The van der Waals surface area contributed by atoms with Crippen LogP contribution in [0.25, 0.3) is 10.9 Å². The van der Waals surface area contributed by atoms with Gasteiger partial charge in [0.25, 0.3) is 11.8 Å². The topological polar surface area (TPSA) is 83.2 Å². The van der Waals surface area contributed by atoms with E-state index in [2.05, 4.69) is 15.6 Å². The largest absolute Gasteiger partial charge is 0.470 e. The van der Waals surface area contributed by atoms with Gasteiger partial charge in [-0.2, -0.15) is 0 Å². The Morgan fingerprint density at radius 1 is 1.20 bits per heavy atom. The quantitative estimate of drug-likeness (QED) is 0.657. The number of aromatic amines is 1. The van der Waals surface area contributed by atoms with Crippen molar-refractivity contribution in [2.24, 2.45) is 0 Å². The number of amides is 2. The van der Waals surface area contributed by atoms with Crippen LogP contribution in [0, 0.1) is 0 Å². The lowest BCUT2D eigenvalue weighted by molar-refractivity contribution is 0.0788. The second-order valence-electron chi connectivity index (χ2n) is 5.81. The molecular formula is C18H14ClN3O3. The number of hydrogen-bond donors (Lipinski definition) is 3. The number of hydrogen-bond acceptors (Lipinski definition) is 3. The fourth-order valence-electron chi connectivity index (χ4n) is 2.79. The number of nitrogens with one attached hydrogen (secondary N) is 3. The Balaban J connectivity index is 1.60. The molecule has 3 N–H and O–H groups in total. The normalized spacial score (nSPS) is 16.1. The van der Waals surface area contributed by atoms with E-state index in [1.807, 2.05) is 6.07 Å². The summed E-state index contributed by atoms with van der Waals surface area (Å²) in [6.07, 6.45) is -0.376. The van der Waals surface area contributed by atoms with E-state index in [1.54, 1.807) is 43.3 Å². The van der Waals surface area contributed by atoms with Gasteiger partial charge in [0.2, 0.25) is 0 Å². The zero-order valence-corrected chi connectivity index (χ0v) is 14.0. The van der Waals surface area contributed by atoms with Crippen LogP contribution in [0.2, 0.25) is 5.02 Å². The summed E-state index contributed by atoms with van der Waals surface area (Å²) < 4.78 is 5.53. The molecule has 6 nitrogen and oxygen atoms in total. The fourth-order valence-corrected chi connectivity index (χ4v) is 2.98. The lowest BCUT2D eigenvalue weighted by atomic mass is 10.1. The number of benzene rings is 2. The third kappa shape index (κ3) is 2.92. The first-order valence-electron chi connectivity index (χ1n) is 7.71. The van der Waals surface area contributed by atoms with Crippen LogP contribution in [0.1, 0.15) is 27.8 Å². The summed E-state index contributed by atoms with van der Waals surface area (Å²) in [5.41, 5.74) is 2.12. The van der Waals surface area contributed by atoms with Gasteiger partial charge in [-0.1, -0.05) is 11.6 Å². The summed E-state index contributed by atoms with van der Waals surface area (Å²) in [5, 5.41) is 6.91. The van der Waals surface area contributed by atoms with Crippen LogP contribution < -0.4 is 15.4 Å². The monoisotopic (exact) mass is 355 g/mol. The SMILES string of the molecule is CC1NC(=O)c2cc(NC(=O)c3cc4cc(Cl)ccc4[nH]3)ccc2O1. The average molecular weight is 356 g/mol. The molecule has 126 valence electrons. The van der Waals surface area contributed by atoms with E-state index in [0.717, 1.165) is 10.9 Å². The third-order valence-corrected chi connectivity index (χ3v) is 4.18. The van der Waals surface area contributed by atoms with Gasteiger partial charge >= 0.3 is 0 Å². The molecule has 1 aromatic heterocycles. The maximum absolute atomic E-state index is 12.5. The van der Waals surface area contributed by atoms with Gasteiger partial charge in [-0.05, 0) is 49.4 Å². The van der Waals surface area contributed by atoms with Gasteiger partial charge in [0, 0.05) is 21.6 Å². The van der Waals surface area contributed by atoms with Crippen LogP contribution in [-0.4, -0.2) is 23.0 Å².